The topological polar surface area (TPSA) is 38.3 Å². The first-order valence-electron chi connectivity index (χ1n) is 9.12. The van der Waals surface area contributed by atoms with Gasteiger partial charge in [0.25, 0.3) is 0 Å². The maximum atomic E-state index is 12.3. The van der Waals surface area contributed by atoms with E-state index >= 15 is 0 Å². The predicted octanol–water partition coefficient (Wildman–Crippen LogP) is 4.13. The van der Waals surface area contributed by atoms with Gasteiger partial charge < -0.3 is 10.1 Å². The third-order valence-corrected chi connectivity index (χ3v) is 5.48. The van der Waals surface area contributed by atoms with Gasteiger partial charge in [-0.25, -0.2) is 0 Å². The lowest BCUT2D eigenvalue weighted by atomic mass is 9.76. The lowest BCUT2D eigenvalue weighted by Crippen LogP contribution is -2.45. The summed E-state index contributed by atoms with van der Waals surface area (Å²) in [6.07, 6.45) is 3.21. The van der Waals surface area contributed by atoms with Gasteiger partial charge in [-0.2, -0.15) is 0 Å². The zero-order valence-electron chi connectivity index (χ0n) is 15.1. The van der Waals surface area contributed by atoms with Crippen molar-refractivity contribution in [2.75, 3.05) is 13.7 Å². The number of hydrogen-bond donors (Lipinski definition) is 1. The van der Waals surface area contributed by atoms with Gasteiger partial charge in [-0.3, -0.25) is 4.79 Å². The lowest BCUT2D eigenvalue weighted by molar-refractivity contribution is -0.128. The molecular formula is C22H27NO2. The molecule has 0 bridgehead atoms. The number of benzene rings is 2. The first-order chi connectivity index (χ1) is 12.2. The van der Waals surface area contributed by atoms with Gasteiger partial charge in [-0.15, -0.1) is 0 Å². The highest BCUT2D eigenvalue weighted by molar-refractivity contribution is 5.79. The number of nitrogens with one attached hydrogen (secondary N) is 1. The minimum atomic E-state index is -0.588. The van der Waals surface area contributed by atoms with Crippen molar-refractivity contribution >= 4 is 5.91 Å². The Morgan fingerprint density at radius 2 is 1.60 bits per heavy atom. The first kappa shape index (κ1) is 17.7. The number of ether oxygens (including phenoxy) is 1. The highest BCUT2D eigenvalue weighted by Crippen LogP contribution is 2.40. The summed E-state index contributed by atoms with van der Waals surface area (Å²) in [5, 5.41) is 3.14. The summed E-state index contributed by atoms with van der Waals surface area (Å²) >= 11 is 0. The summed E-state index contributed by atoms with van der Waals surface area (Å²) in [4.78, 5) is 12.3. The molecule has 0 aliphatic heterocycles. The largest absolute Gasteiger partial charge is 0.368 e. The minimum Gasteiger partial charge on any atom is -0.368 e. The van der Waals surface area contributed by atoms with Crippen LogP contribution in [0.3, 0.4) is 0 Å². The van der Waals surface area contributed by atoms with Crippen molar-refractivity contribution in [3.05, 3.63) is 71.8 Å². The quantitative estimate of drug-likeness (QED) is 0.825. The molecule has 1 unspecified atom stereocenters. The molecule has 1 fully saturated rings. The highest BCUT2D eigenvalue weighted by Gasteiger charge is 2.40. The molecule has 2 aromatic carbocycles. The predicted molar refractivity (Wildman–Crippen MR) is 100 cm³/mol. The van der Waals surface area contributed by atoms with Gasteiger partial charge in [-0.1, -0.05) is 74.0 Å². The van der Waals surface area contributed by atoms with Crippen molar-refractivity contribution in [1.29, 1.82) is 0 Å². The molecule has 0 radical (unpaired) electrons. The smallest absolute Gasteiger partial charge is 0.223 e. The molecule has 0 heterocycles. The summed E-state index contributed by atoms with van der Waals surface area (Å²) in [5.41, 5.74) is 1.62. The Balaban J connectivity index is 1.88. The second-order valence-electron chi connectivity index (χ2n) is 6.95. The third kappa shape index (κ3) is 3.47. The summed E-state index contributed by atoms with van der Waals surface area (Å²) in [6.45, 7) is 2.73. The summed E-state index contributed by atoms with van der Waals surface area (Å²) in [5.74, 6) is 0.480. The Morgan fingerprint density at radius 3 is 2.00 bits per heavy atom. The molecule has 3 rings (SSSR count). The summed E-state index contributed by atoms with van der Waals surface area (Å²) < 4.78 is 6.15. The molecular weight excluding hydrogens is 310 g/mol. The van der Waals surface area contributed by atoms with Crippen LogP contribution in [-0.4, -0.2) is 19.6 Å². The number of rotatable bonds is 7. The van der Waals surface area contributed by atoms with E-state index < -0.39 is 5.60 Å². The van der Waals surface area contributed by atoms with Crippen molar-refractivity contribution in [3.63, 3.8) is 0 Å². The van der Waals surface area contributed by atoms with E-state index in [9.17, 15) is 4.79 Å². The molecule has 3 nitrogen and oxygen atoms in total. The summed E-state index contributed by atoms with van der Waals surface area (Å²) in [7, 11) is 1.75. The van der Waals surface area contributed by atoms with Crippen LogP contribution in [0, 0.1) is 11.8 Å². The Hall–Kier alpha value is -2.13. The Morgan fingerprint density at radius 1 is 1.08 bits per heavy atom. The third-order valence-electron chi connectivity index (χ3n) is 5.48. The van der Waals surface area contributed by atoms with E-state index in [0.717, 1.165) is 24.0 Å². The number of hydrogen-bond acceptors (Lipinski definition) is 2. The Bertz CT molecular complexity index is 640. The average Bonchev–Trinajstić information content (AvgIpc) is 2.61. The van der Waals surface area contributed by atoms with E-state index in [4.69, 9.17) is 4.74 Å². The number of amides is 1. The van der Waals surface area contributed by atoms with Crippen LogP contribution in [-0.2, 0) is 15.1 Å². The van der Waals surface area contributed by atoms with Crippen molar-refractivity contribution < 1.29 is 9.53 Å². The van der Waals surface area contributed by atoms with E-state index in [1.165, 1.54) is 6.42 Å². The van der Waals surface area contributed by atoms with Crippen LogP contribution in [0.15, 0.2) is 60.7 Å². The molecule has 2 aromatic rings. The molecule has 1 N–H and O–H groups in total. The van der Waals surface area contributed by atoms with Crippen molar-refractivity contribution in [2.24, 2.45) is 11.8 Å². The molecule has 1 aliphatic carbocycles. The fourth-order valence-electron chi connectivity index (χ4n) is 3.76. The van der Waals surface area contributed by atoms with Crippen LogP contribution in [0.2, 0.25) is 0 Å². The average molecular weight is 337 g/mol. The first-order valence-corrected chi connectivity index (χ1v) is 9.12. The SMILES string of the molecule is COC(c1ccccc1)(c1ccccc1)C(C)CNC(=O)C1CCC1. The molecule has 132 valence electrons. The molecule has 3 heteroatoms. The van der Waals surface area contributed by atoms with Gasteiger partial charge in [0.15, 0.2) is 0 Å². The number of carbonyl (C=O) groups excluding carboxylic acids is 1. The Labute approximate surface area is 150 Å². The molecule has 1 amide bonds. The lowest BCUT2D eigenvalue weighted by Gasteiger charge is -2.39. The molecule has 1 saturated carbocycles. The maximum Gasteiger partial charge on any atom is 0.223 e. The van der Waals surface area contributed by atoms with Gasteiger partial charge in [0, 0.05) is 25.5 Å². The molecule has 0 aromatic heterocycles. The van der Waals surface area contributed by atoms with Gasteiger partial charge in [0.05, 0.1) is 0 Å². The van der Waals surface area contributed by atoms with Gasteiger partial charge >= 0.3 is 0 Å². The van der Waals surface area contributed by atoms with Crippen molar-refractivity contribution in [3.8, 4) is 0 Å². The van der Waals surface area contributed by atoms with Crippen molar-refractivity contribution in [2.45, 2.75) is 31.8 Å². The molecule has 0 saturated heterocycles. The molecule has 1 aliphatic rings. The number of carbonyl (C=O) groups is 1. The van der Waals surface area contributed by atoms with Gasteiger partial charge in [0.2, 0.25) is 5.91 Å². The van der Waals surface area contributed by atoms with Crippen LogP contribution < -0.4 is 5.32 Å². The standard InChI is InChI=1S/C22H27NO2/c1-17(16-23-21(24)18-10-9-11-18)22(25-2,19-12-5-3-6-13-19)20-14-7-4-8-15-20/h3-8,12-15,17-18H,9-11,16H2,1-2H3,(H,23,24). The monoisotopic (exact) mass is 337 g/mol. The van der Waals surface area contributed by atoms with E-state index in [1.54, 1.807) is 7.11 Å². The van der Waals surface area contributed by atoms with Gasteiger partial charge in [0.1, 0.15) is 5.60 Å². The zero-order chi connectivity index (χ0) is 17.7. The maximum absolute atomic E-state index is 12.3. The zero-order valence-corrected chi connectivity index (χ0v) is 15.1. The van der Waals surface area contributed by atoms with Crippen LogP contribution in [0.1, 0.15) is 37.3 Å². The fourth-order valence-corrected chi connectivity index (χ4v) is 3.76. The normalized spacial score (nSPS) is 16.1. The van der Waals surface area contributed by atoms with Crippen LogP contribution in [0.25, 0.3) is 0 Å². The van der Waals surface area contributed by atoms with E-state index in [-0.39, 0.29) is 17.7 Å². The van der Waals surface area contributed by atoms with Crippen LogP contribution in [0.4, 0.5) is 0 Å². The minimum absolute atomic E-state index is 0.0892. The van der Waals surface area contributed by atoms with Gasteiger partial charge in [-0.05, 0) is 24.0 Å². The summed E-state index contributed by atoms with van der Waals surface area (Å²) in [6, 6.07) is 20.5. The van der Waals surface area contributed by atoms with Crippen molar-refractivity contribution in [1.82, 2.24) is 5.32 Å². The van der Waals surface area contributed by atoms with E-state index in [1.807, 2.05) is 36.4 Å². The van der Waals surface area contributed by atoms with E-state index in [0.29, 0.717) is 6.54 Å². The van der Waals surface area contributed by atoms with E-state index in [2.05, 4.69) is 36.5 Å². The van der Waals surface area contributed by atoms with Crippen LogP contribution >= 0.6 is 0 Å². The molecule has 1 atom stereocenters. The second kappa shape index (κ2) is 7.83. The second-order valence-corrected chi connectivity index (χ2v) is 6.95. The highest BCUT2D eigenvalue weighted by atomic mass is 16.5. The van der Waals surface area contributed by atoms with Crippen LogP contribution in [0.5, 0.6) is 0 Å². The molecule has 25 heavy (non-hydrogen) atoms. The number of methoxy groups -OCH3 is 1. The molecule has 0 spiro atoms. The Kier molecular flexibility index (Phi) is 5.54. The fraction of sp³-hybridized carbons (Fsp3) is 0.409.